The molecule has 0 radical (unpaired) electrons. The van der Waals surface area contributed by atoms with Crippen molar-refractivity contribution in [2.24, 2.45) is 0 Å². The van der Waals surface area contributed by atoms with Crippen molar-refractivity contribution in [1.82, 2.24) is 15.0 Å². The quantitative estimate of drug-likeness (QED) is 0.829. The molecule has 0 spiro atoms. The van der Waals surface area contributed by atoms with Crippen LogP contribution in [-0.4, -0.2) is 57.6 Å². The first-order valence-corrected chi connectivity index (χ1v) is 9.00. The Labute approximate surface area is 158 Å². The zero-order chi connectivity index (χ0) is 19.4. The standard InChI is InChI=1S/C19H25N3O5/c1-19(2,3)26-18(24)22-6-4-15(22)12-25-16-8-13(10-20-11-16)17-9-14(5-7-23)21-27-17/h8-11,15,23H,4-7,12H2,1-3H3/t15-/m0/s1. The van der Waals surface area contributed by atoms with Gasteiger partial charge in [-0.05, 0) is 33.3 Å². The van der Waals surface area contributed by atoms with E-state index < -0.39 is 5.60 Å². The summed E-state index contributed by atoms with van der Waals surface area (Å²) in [6.45, 7) is 6.61. The summed E-state index contributed by atoms with van der Waals surface area (Å²) in [6, 6.07) is 3.57. The molecule has 1 N–H and O–H groups in total. The first-order valence-electron chi connectivity index (χ1n) is 9.00. The molecule has 0 aliphatic carbocycles. The molecule has 1 atom stereocenters. The summed E-state index contributed by atoms with van der Waals surface area (Å²) < 4.78 is 16.5. The monoisotopic (exact) mass is 375 g/mol. The number of aliphatic hydroxyl groups is 1. The molecule has 1 saturated heterocycles. The fourth-order valence-corrected chi connectivity index (χ4v) is 2.68. The van der Waals surface area contributed by atoms with Crippen LogP contribution in [0.5, 0.6) is 5.75 Å². The van der Waals surface area contributed by atoms with Crippen LogP contribution in [0.2, 0.25) is 0 Å². The lowest BCUT2D eigenvalue weighted by Gasteiger charge is -2.40. The topological polar surface area (TPSA) is 97.9 Å². The van der Waals surface area contributed by atoms with Crippen molar-refractivity contribution in [2.75, 3.05) is 19.8 Å². The largest absolute Gasteiger partial charge is 0.490 e. The Kier molecular flexibility index (Phi) is 5.65. The van der Waals surface area contributed by atoms with Gasteiger partial charge in [-0.25, -0.2) is 4.79 Å². The first-order chi connectivity index (χ1) is 12.9. The van der Waals surface area contributed by atoms with E-state index in [1.165, 1.54) is 0 Å². The molecule has 1 aliphatic rings. The number of carbonyl (C=O) groups is 1. The highest BCUT2D eigenvalue weighted by atomic mass is 16.6. The number of pyridine rings is 1. The minimum absolute atomic E-state index is 0.00931. The highest BCUT2D eigenvalue weighted by Gasteiger charge is 2.35. The molecular formula is C19H25N3O5. The zero-order valence-electron chi connectivity index (χ0n) is 15.8. The van der Waals surface area contributed by atoms with E-state index in [1.54, 1.807) is 23.4 Å². The molecule has 1 amide bonds. The van der Waals surface area contributed by atoms with Crippen LogP contribution in [0.1, 0.15) is 32.9 Å². The Morgan fingerprint density at radius 1 is 1.37 bits per heavy atom. The van der Waals surface area contributed by atoms with Crippen LogP contribution in [0.25, 0.3) is 11.3 Å². The summed E-state index contributed by atoms with van der Waals surface area (Å²) >= 11 is 0. The molecule has 27 heavy (non-hydrogen) atoms. The van der Waals surface area contributed by atoms with E-state index in [4.69, 9.17) is 19.1 Å². The van der Waals surface area contributed by atoms with Gasteiger partial charge < -0.3 is 24.0 Å². The van der Waals surface area contributed by atoms with Gasteiger partial charge in [0, 0.05) is 37.4 Å². The van der Waals surface area contributed by atoms with Crippen molar-refractivity contribution < 1.29 is 23.9 Å². The average molecular weight is 375 g/mol. The minimum Gasteiger partial charge on any atom is -0.490 e. The molecule has 1 fully saturated rings. The number of amides is 1. The van der Waals surface area contributed by atoms with E-state index >= 15 is 0 Å². The molecule has 2 aromatic heterocycles. The van der Waals surface area contributed by atoms with Gasteiger partial charge in [-0.2, -0.15) is 0 Å². The third kappa shape index (κ3) is 4.97. The van der Waals surface area contributed by atoms with Crippen molar-refractivity contribution in [3.05, 3.63) is 30.2 Å². The third-order valence-corrected chi connectivity index (χ3v) is 4.14. The van der Waals surface area contributed by atoms with Gasteiger partial charge in [-0.15, -0.1) is 0 Å². The van der Waals surface area contributed by atoms with E-state index in [0.717, 1.165) is 12.0 Å². The molecule has 1 aliphatic heterocycles. The van der Waals surface area contributed by atoms with Crippen molar-refractivity contribution in [2.45, 2.75) is 45.3 Å². The number of nitrogens with zero attached hydrogens (tertiary/aromatic N) is 3. The van der Waals surface area contributed by atoms with E-state index in [1.807, 2.05) is 26.8 Å². The molecule has 8 nitrogen and oxygen atoms in total. The van der Waals surface area contributed by atoms with Crippen molar-refractivity contribution in [1.29, 1.82) is 0 Å². The highest BCUT2D eigenvalue weighted by Crippen LogP contribution is 2.26. The molecule has 0 unspecified atom stereocenters. The van der Waals surface area contributed by atoms with Gasteiger partial charge in [0.25, 0.3) is 0 Å². The van der Waals surface area contributed by atoms with E-state index in [2.05, 4.69) is 10.1 Å². The lowest BCUT2D eigenvalue weighted by Crippen LogP contribution is -2.55. The van der Waals surface area contributed by atoms with Crippen molar-refractivity contribution in [3.63, 3.8) is 0 Å². The number of hydrogen-bond donors (Lipinski definition) is 1. The first kappa shape index (κ1) is 19.2. The molecular weight excluding hydrogens is 350 g/mol. The zero-order valence-corrected chi connectivity index (χ0v) is 15.8. The predicted octanol–water partition coefficient (Wildman–Crippen LogP) is 2.66. The second-order valence-electron chi connectivity index (χ2n) is 7.49. The van der Waals surface area contributed by atoms with E-state index in [9.17, 15) is 4.79 Å². The fraction of sp³-hybridized carbons (Fsp3) is 0.526. The van der Waals surface area contributed by atoms with Crippen LogP contribution in [0, 0.1) is 0 Å². The maximum absolute atomic E-state index is 12.2. The minimum atomic E-state index is -0.512. The summed E-state index contributed by atoms with van der Waals surface area (Å²) in [7, 11) is 0. The van der Waals surface area contributed by atoms with Crippen LogP contribution in [0.4, 0.5) is 4.79 Å². The Balaban J connectivity index is 1.58. The van der Waals surface area contributed by atoms with Gasteiger partial charge >= 0.3 is 6.09 Å². The summed E-state index contributed by atoms with van der Waals surface area (Å²) in [5, 5.41) is 12.9. The fourth-order valence-electron chi connectivity index (χ4n) is 2.68. The molecule has 3 heterocycles. The average Bonchev–Trinajstić information content (AvgIpc) is 3.01. The highest BCUT2D eigenvalue weighted by molar-refractivity contribution is 5.69. The molecule has 3 rings (SSSR count). The number of hydrogen-bond acceptors (Lipinski definition) is 7. The lowest BCUT2D eigenvalue weighted by molar-refractivity contribution is -0.0141. The van der Waals surface area contributed by atoms with Gasteiger partial charge in [0.2, 0.25) is 0 Å². The summed E-state index contributed by atoms with van der Waals surface area (Å²) in [4.78, 5) is 18.0. The Morgan fingerprint density at radius 3 is 2.85 bits per heavy atom. The van der Waals surface area contributed by atoms with Crippen molar-refractivity contribution in [3.8, 4) is 17.1 Å². The molecule has 146 valence electrons. The Bertz CT molecular complexity index is 784. The SMILES string of the molecule is CC(C)(C)OC(=O)N1CC[C@H]1COc1cncc(-c2cc(CCO)no2)c1. The van der Waals surface area contributed by atoms with Crippen LogP contribution in [0.3, 0.4) is 0 Å². The third-order valence-electron chi connectivity index (χ3n) is 4.14. The second kappa shape index (κ2) is 7.96. The van der Waals surface area contributed by atoms with Gasteiger partial charge in [0.1, 0.15) is 18.0 Å². The number of aromatic nitrogens is 2. The number of likely N-dealkylation sites (tertiary alicyclic amines) is 1. The van der Waals surface area contributed by atoms with Crippen LogP contribution in [-0.2, 0) is 11.2 Å². The molecule has 2 aromatic rings. The van der Waals surface area contributed by atoms with Gasteiger partial charge in [-0.1, -0.05) is 5.16 Å². The summed E-state index contributed by atoms with van der Waals surface area (Å²) in [5.41, 5.74) is 0.908. The van der Waals surface area contributed by atoms with Gasteiger partial charge in [-0.3, -0.25) is 4.98 Å². The van der Waals surface area contributed by atoms with Crippen LogP contribution < -0.4 is 4.74 Å². The van der Waals surface area contributed by atoms with Crippen LogP contribution >= 0.6 is 0 Å². The molecule has 0 bridgehead atoms. The van der Waals surface area contributed by atoms with Gasteiger partial charge in [0.15, 0.2) is 5.76 Å². The molecule has 0 aromatic carbocycles. The normalized spacial score (nSPS) is 16.7. The van der Waals surface area contributed by atoms with E-state index in [0.29, 0.717) is 36.8 Å². The smallest absolute Gasteiger partial charge is 0.410 e. The predicted molar refractivity (Wildman–Crippen MR) is 97.4 cm³/mol. The Morgan fingerprint density at radius 2 is 2.19 bits per heavy atom. The van der Waals surface area contributed by atoms with Crippen molar-refractivity contribution >= 4 is 6.09 Å². The number of aliphatic hydroxyl groups excluding tert-OH is 1. The van der Waals surface area contributed by atoms with Crippen LogP contribution in [0.15, 0.2) is 29.0 Å². The second-order valence-corrected chi connectivity index (χ2v) is 7.49. The number of rotatable bonds is 6. The molecule has 8 heteroatoms. The number of ether oxygens (including phenoxy) is 2. The summed E-state index contributed by atoms with van der Waals surface area (Å²) in [5.74, 6) is 1.15. The van der Waals surface area contributed by atoms with Gasteiger partial charge in [0.05, 0.1) is 17.9 Å². The van der Waals surface area contributed by atoms with E-state index in [-0.39, 0.29) is 18.7 Å². The lowest BCUT2D eigenvalue weighted by atomic mass is 10.1. The number of carbonyl (C=O) groups excluding carboxylic acids is 1. The summed E-state index contributed by atoms with van der Waals surface area (Å²) in [6.07, 6.45) is 4.28. The Hall–Kier alpha value is -2.61. The maximum Gasteiger partial charge on any atom is 0.410 e. The molecule has 0 saturated carbocycles. The maximum atomic E-state index is 12.2.